The number of nitrogens with one attached hydrogen (secondary N) is 1. The number of nitrogens with zero attached hydrogens (tertiary/aromatic N) is 3. The maximum atomic E-state index is 5.72. The van der Waals surface area contributed by atoms with Crippen LogP contribution in [0.5, 0.6) is 0 Å². The van der Waals surface area contributed by atoms with E-state index in [0.717, 1.165) is 36.7 Å². The minimum Gasteiger partial charge on any atom is -0.383 e. The topological polar surface area (TPSA) is 42.3 Å². The van der Waals surface area contributed by atoms with Gasteiger partial charge in [0, 0.05) is 37.8 Å². The Bertz CT molecular complexity index is 774. The SMILES string of the molecule is CCCCN1C(=S)N[C@H](c2ccccn2)[C@H]1c1cc(C)n(CCOC)c1C. The molecule has 1 fully saturated rings. The Morgan fingerprint density at radius 2 is 2.07 bits per heavy atom. The highest BCUT2D eigenvalue weighted by atomic mass is 32.1. The number of rotatable bonds is 8. The van der Waals surface area contributed by atoms with E-state index in [1.165, 1.54) is 17.0 Å². The zero-order valence-electron chi connectivity index (χ0n) is 16.7. The lowest BCUT2D eigenvalue weighted by molar-refractivity contribution is 0.186. The van der Waals surface area contributed by atoms with Crippen molar-refractivity contribution in [1.29, 1.82) is 0 Å². The zero-order chi connectivity index (χ0) is 19.4. The third-order valence-electron chi connectivity index (χ3n) is 5.40. The minimum absolute atomic E-state index is 0.0620. The van der Waals surface area contributed by atoms with Crippen LogP contribution in [0, 0.1) is 13.8 Å². The fraction of sp³-hybridized carbons (Fsp3) is 0.524. The summed E-state index contributed by atoms with van der Waals surface area (Å²) in [4.78, 5) is 6.97. The van der Waals surface area contributed by atoms with Crippen molar-refractivity contribution in [2.75, 3.05) is 20.3 Å². The molecule has 0 bridgehead atoms. The fourth-order valence-corrected chi connectivity index (χ4v) is 4.30. The average Bonchev–Trinajstić information content (AvgIpc) is 3.15. The van der Waals surface area contributed by atoms with Crippen LogP contribution in [0.3, 0.4) is 0 Å². The van der Waals surface area contributed by atoms with Gasteiger partial charge in [-0.3, -0.25) is 4.98 Å². The van der Waals surface area contributed by atoms with E-state index in [9.17, 15) is 0 Å². The Balaban J connectivity index is 2.02. The lowest BCUT2D eigenvalue weighted by atomic mass is 9.96. The van der Waals surface area contributed by atoms with Crippen molar-refractivity contribution in [3.63, 3.8) is 0 Å². The van der Waals surface area contributed by atoms with Crippen LogP contribution in [0.2, 0.25) is 0 Å². The highest BCUT2D eigenvalue weighted by Crippen LogP contribution is 2.40. The first kappa shape index (κ1) is 19.8. The van der Waals surface area contributed by atoms with Crippen molar-refractivity contribution in [3.05, 3.63) is 53.1 Å². The molecule has 1 aliphatic rings. The number of aryl methyl sites for hydroxylation is 1. The highest BCUT2D eigenvalue weighted by Gasteiger charge is 2.40. The zero-order valence-corrected chi connectivity index (χ0v) is 17.6. The van der Waals surface area contributed by atoms with Gasteiger partial charge in [0.2, 0.25) is 0 Å². The van der Waals surface area contributed by atoms with Crippen LogP contribution in [0.25, 0.3) is 0 Å². The van der Waals surface area contributed by atoms with Gasteiger partial charge in [0.25, 0.3) is 0 Å². The molecule has 0 aliphatic carbocycles. The lowest BCUT2D eigenvalue weighted by Crippen LogP contribution is -2.30. The molecule has 0 spiro atoms. The maximum absolute atomic E-state index is 5.72. The summed E-state index contributed by atoms with van der Waals surface area (Å²) in [5, 5.41) is 4.36. The minimum atomic E-state index is 0.0620. The lowest BCUT2D eigenvalue weighted by Gasteiger charge is -2.28. The van der Waals surface area contributed by atoms with Gasteiger partial charge in [-0.1, -0.05) is 19.4 Å². The number of thiocarbonyl (C=S) groups is 1. The Labute approximate surface area is 167 Å². The van der Waals surface area contributed by atoms with E-state index in [2.05, 4.69) is 52.7 Å². The van der Waals surface area contributed by atoms with E-state index >= 15 is 0 Å². The Morgan fingerprint density at radius 1 is 1.26 bits per heavy atom. The van der Waals surface area contributed by atoms with Crippen LogP contribution in [-0.2, 0) is 11.3 Å². The van der Waals surface area contributed by atoms with Crippen LogP contribution in [0.4, 0.5) is 0 Å². The molecule has 0 saturated carbocycles. The van der Waals surface area contributed by atoms with Crippen molar-refractivity contribution in [1.82, 2.24) is 19.8 Å². The maximum Gasteiger partial charge on any atom is 0.170 e. The van der Waals surface area contributed by atoms with Crippen LogP contribution in [-0.4, -0.2) is 39.8 Å². The molecular formula is C21H30N4OS. The molecule has 2 aromatic rings. The summed E-state index contributed by atoms with van der Waals surface area (Å²) in [5.74, 6) is 0. The molecule has 0 radical (unpaired) electrons. The van der Waals surface area contributed by atoms with Crippen molar-refractivity contribution in [2.45, 2.75) is 52.2 Å². The Hall–Kier alpha value is -1.92. The largest absolute Gasteiger partial charge is 0.383 e. The van der Waals surface area contributed by atoms with Crippen molar-refractivity contribution >= 4 is 17.3 Å². The molecule has 0 unspecified atom stereocenters. The van der Waals surface area contributed by atoms with E-state index in [0.29, 0.717) is 6.61 Å². The van der Waals surface area contributed by atoms with Crippen molar-refractivity contribution < 1.29 is 4.74 Å². The molecule has 6 heteroatoms. The first-order valence-corrected chi connectivity index (χ1v) is 10.1. The quantitative estimate of drug-likeness (QED) is 0.697. The van der Waals surface area contributed by atoms with Gasteiger partial charge in [0.1, 0.15) is 0 Å². The summed E-state index contributed by atoms with van der Waals surface area (Å²) in [5.41, 5.74) is 4.89. The number of methoxy groups -OCH3 is 1. The molecular weight excluding hydrogens is 356 g/mol. The molecule has 146 valence electrons. The van der Waals surface area contributed by atoms with Crippen LogP contribution >= 0.6 is 12.2 Å². The van der Waals surface area contributed by atoms with Gasteiger partial charge in [-0.25, -0.2) is 0 Å². The predicted octanol–water partition coefficient (Wildman–Crippen LogP) is 3.92. The molecule has 2 atom stereocenters. The fourth-order valence-electron chi connectivity index (χ4n) is 3.97. The summed E-state index contributed by atoms with van der Waals surface area (Å²) >= 11 is 5.72. The molecule has 2 aromatic heterocycles. The molecule has 3 rings (SSSR count). The Kier molecular flexibility index (Phi) is 6.50. The summed E-state index contributed by atoms with van der Waals surface area (Å²) in [6, 6.07) is 8.60. The van der Waals surface area contributed by atoms with Crippen LogP contribution in [0.15, 0.2) is 30.5 Å². The molecule has 0 amide bonds. The van der Waals surface area contributed by atoms with Gasteiger partial charge in [0.05, 0.1) is 24.4 Å². The van der Waals surface area contributed by atoms with Gasteiger partial charge >= 0.3 is 0 Å². The first-order valence-electron chi connectivity index (χ1n) is 9.72. The second-order valence-corrected chi connectivity index (χ2v) is 7.53. The van der Waals surface area contributed by atoms with E-state index in [1.54, 1.807) is 7.11 Å². The van der Waals surface area contributed by atoms with Crippen molar-refractivity contribution in [3.8, 4) is 0 Å². The smallest absolute Gasteiger partial charge is 0.170 e. The number of pyridine rings is 1. The normalized spacial score (nSPS) is 19.6. The molecule has 1 N–H and O–H groups in total. The van der Waals surface area contributed by atoms with Crippen LogP contribution in [0.1, 0.15) is 54.5 Å². The first-order chi connectivity index (χ1) is 13.1. The second-order valence-electron chi connectivity index (χ2n) is 7.14. The third kappa shape index (κ3) is 4.01. The standard InChI is InChI=1S/C21H30N4OS/c1-5-6-11-25-20(17-14-15(2)24(16(17)3)12-13-26-4)19(23-21(25)27)18-9-7-8-10-22-18/h7-10,14,19-20H,5-6,11-13H2,1-4H3,(H,23,27)/t19-,20-/m1/s1. The Morgan fingerprint density at radius 3 is 2.74 bits per heavy atom. The second kappa shape index (κ2) is 8.85. The molecule has 5 nitrogen and oxygen atoms in total. The summed E-state index contributed by atoms with van der Waals surface area (Å²) in [6.45, 7) is 9.11. The molecule has 1 aliphatic heterocycles. The monoisotopic (exact) mass is 386 g/mol. The summed E-state index contributed by atoms with van der Waals surface area (Å²) < 4.78 is 7.64. The predicted molar refractivity (Wildman–Crippen MR) is 113 cm³/mol. The third-order valence-corrected chi connectivity index (χ3v) is 5.75. The van der Waals surface area contributed by atoms with E-state index < -0.39 is 0 Å². The molecule has 1 saturated heterocycles. The van der Waals surface area contributed by atoms with Gasteiger partial charge in [-0.05, 0) is 56.2 Å². The van der Waals surface area contributed by atoms with Crippen LogP contribution < -0.4 is 5.32 Å². The van der Waals surface area contributed by atoms with Gasteiger partial charge in [-0.15, -0.1) is 0 Å². The molecule has 0 aromatic carbocycles. The summed E-state index contributed by atoms with van der Waals surface area (Å²) in [6.07, 6.45) is 4.12. The number of hydrogen-bond acceptors (Lipinski definition) is 3. The van der Waals surface area contributed by atoms with E-state index in [4.69, 9.17) is 17.0 Å². The van der Waals surface area contributed by atoms with E-state index in [1.807, 2.05) is 18.3 Å². The molecule has 3 heterocycles. The van der Waals surface area contributed by atoms with Gasteiger partial charge in [-0.2, -0.15) is 0 Å². The van der Waals surface area contributed by atoms with Gasteiger partial charge < -0.3 is 19.5 Å². The van der Waals surface area contributed by atoms with Gasteiger partial charge in [0.15, 0.2) is 5.11 Å². The number of ether oxygens (including phenoxy) is 1. The average molecular weight is 387 g/mol. The van der Waals surface area contributed by atoms with E-state index in [-0.39, 0.29) is 12.1 Å². The number of unbranched alkanes of at least 4 members (excludes halogenated alkanes) is 1. The number of hydrogen-bond donors (Lipinski definition) is 1. The summed E-state index contributed by atoms with van der Waals surface area (Å²) in [7, 11) is 1.75. The van der Waals surface area contributed by atoms with Crippen molar-refractivity contribution in [2.24, 2.45) is 0 Å². The highest BCUT2D eigenvalue weighted by molar-refractivity contribution is 7.80. The number of aromatic nitrogens is 2. The molecule has 27 heavy (non-hydrogen) atoms.